The smallest absolute Gasteiger partial charge is 0.123 e. The molecule has 0 aromatic heterocycles. The summed E-state index contributed by atoms with van der Waals surface area (Å²) in [5.41, 5.74) is 5.53. The van der Waals surface area contributed by atoms with Gasteiger partial charge >= 0.3 is 0 Å². The Balaban J connectivity index is 2.40. The molecule has 0 unspecified atom stereocenters. The zero-order valence-electron chi connectivity index (χ0n) is 15.5. The fraction of sp³-hybridized carbons (Fsp3) is 0.429. The second-order valence-corrected chi connectivity index (χ2v) is 6.87. The topological polar surface area (TPSA) is 32.7 Å². The summed E-state index contributed by atoms with van der Waals surface area (Å²) in [6.07, 6.45) is 1.09. The maximum absolute atomic E-state index is 10.3. The largest absolute Gasteiger partial charge is 0.508 e. The first-order valence-corrected chi connectivity index (χ1v) is 8.58. The van der Waals surface area contributed by atoms with Gasteiger partial charge < -0.3 is 14.7 Å². The molecule has 0 aliphatic carbocycles. The molecule has 0 saturated heterocycles. The number of aromatic hydroxyl groups is 1. The van der Waals surface area contributed by atoms with Crippen LogP contribution in [-0.2, 0) is 11.3 Å². The van der Waals surface area contributed by atoms with Gasteiger partial charge in [-0.05, 0) is 43.9 Å². The number of ether oxygens (including phenoxy) is 1. The normalized spacial score (nSPS) is 11.1. The maximum atomic E-state index is 10.3. The second kappa shape index (κ2) is 8.20. The minimum absolute atomic E-state index is 0.286. The van der Waals surface area contributed by atoms with Crippen LogP contribution in [0.15, 0.2) is 36.4 Å². The first kappa shape index (κ1) is 18.3. The molecule has 0 amide bonds. The average molecular weight is 327 g/mol. The van der Waals surface area contributed by atoms with E-state index >= 15 is 0 Å². The van der Waals surface area contributed by atoms with Crippen LogP contribution in [0.1, 0.15) is 37.0 Å². The van der Waals surface area contributed by atoms with Crippen LogP contribution in [0.2, 0.25) is 0 Å². The highest BCUT2D eigenvalue weighted by Crippen LogP contribution is 2.33. The van der Waals surface area contributed by atoms with Gasteiger partial charge in [-0.3, -0.25) is 0 Å². The molecule has 2 aromatic rings. The van der Waals surface area contributed by atoms with Crippen molar-refractivity contribution >= 4 is 11.4 Å². The van der Waals surface area contributed by atoms with E-state index in [1.165, 1.54) is 16.8 Å². The fourth-order valence-electron chi connectivity index (χ4n) is 2.88. The van der Waals surface area contributed by atoms with Gasteiger partial charge in [0.25, 0.3) is 0 Å². The lowest BCUT2D eigenvalue weighted by molar-refractivity contribution is 0.182. The summed E-state index contributed by atoms with van der Waals surface area (Å²) in [5.74, 6) is 0.910. The SMILES string of the molecule is COCc1ccc(N(CCC(C)C)c2ccc(C)cc2C)cc1O. The van der Waals surface area contributed by atoms with E-state index < -0.39 is 0 Å². The Bertz CT molecular complexity index is 680. The number of aryl methyl sites for hydroxylation is 2. The van der Waals surface area contributed by atoms with E-state index in [9.17, 15) is 5.11 Å². The zero-order valence-corrected chi connectivity index (χ0v) is 15.5. The van der Waals surface area contributed by atoms with E-state index in [-0.39, 0.29) is 5.75 Å². The van der Waals surface area contributed by atoms with Gasteiger partial charge in [0.2, 0.25) is 0 Å². The van der Waals surface area contributed by atoms with Gasteiger partial charge in [0, 0.05) is 36.7 Å². The van der Waals surface area contributed by atoms with Crippen molar-refractivity contribution in [1.29, 1.82) is 0 Å². The molecule has 0 bridgehead atoms. The number of methoxy groups -OCH3 is 1. The van der Waals surface area contributed by atoms with Crippen molar-refractivity contribution < 1.29 is 9.84 Å². The van der Waals surface area contributed by atoms with E-state index in [2.05, 4.69) is 56.9 Å². The van der Waals surface area contributed by atoms with Crippen molar-refractivity contribution in [1.82, 2.24) is 0 Å². The van der Waals surface area contributed by atoms with Crippen LogP contribution >= 0.6 is 0 Å². The molecule has 1 N–H and O–H groups in total. The molecular formula is C21H29NO2. The van der Waals surface area contributed by atoms with Crippen molar-refractivity contribution in [2.45, 2.75) is 40.7 Å². The third-order valence-electron chi connectivity index (χ3n) is 4.25. The van der Waals surface area contributed by atoms with E-state index in [1.54, 1.807) is 7.11 Å². The number of hydrogen-bond acceptors (Lipinski definition) is 3. The van der Waals surface area contributed by atoms with Crippen LogP contribution in [0.5, 0.6) is 5.75 Å². The number of benzene rings is 2. The van der Waals surface area contributed by atoms with E-state index in [1.807, 2.05) is 12.1 Å². The highest BCUT2D eigenvalue weighted by Gasteiger charge is 2.14. The number of anilines is 2. The van der Waals surface area contributed by atoms with Gasteiger partial charge in [-0.15, -0.1) is 0 Å². The van der Waals surface area contributed by atoms with Crippen LogP contribution in [0, 0.1) is 19.8 Å². The molecule has 0 radical (unpaired) electrons. The number of nitrogens with zero attached hydrogens (tertiary/aromatic N) is 1. The number of hydrogen-bond donors (Lipinski definition) is 1. The summed E-state index contributed by atoms with van der Waals surface area (Å²) in [7, 11) is 1.64. The molecule has 0 atom stereocenters. The molecule has 3 heteroatoms. The molecule has 3 nitrogen and oxygen atoms in total. The van der Waals surface area contributed by atoms with Crippen LogP contribution in [0.25, 0.3) is 0 Å². The quantitative estimate of drug-likeness (QED) is 0.745. The summed E-state index contributed by atoms with van der Waals surface area (Å²) in [5, 5.41) is 10.3. The molecule has 0 fully saturated rings. The molecule has 0 heterocycles. The van der Waals surface area contributed by atoms with Crippen molar-refractivity contribution in [2.24, 2.45) is 5.92 Å². The monoisotopic (exact) mass is 327 g/mol. The third kappa shape index (κ3) is 4.51. The molecule has 0 aliphatic rings. The fourth-order valence-corrected chi connectivity index (χ4v) is 2.88. The molecular weight excluding hydrogens is 298 g/mol. The predicted molar refractivity (Wildman–Crippen MR) is 101 cm³/mol. The van der Waals surface area contributed by atoms with Crippen molar-refractivity contribution in [3.8, 4) is 5.75 Å². The first-order chi connectivity index (χ1) is 11.4. The van der Waals surface area contributed by atoms with Gasteiger partial charge in [-0.2, -0.15) is 0 Å². The van der Waals surface area contributed by atoms with Crippen LogP contribution in [0.3, 0.4) is 0 Å². The molecule has 2 aromatic carbocycles. The van der Waals surface area contributed by atoms with Crippen LogP contribution < -0.4 is 4.90 Å². The molecule has 0 saturated carbocycles. The number of phenolic OH excluding ortho intramolecular Hbond substituents is 1. The Labute approximate surface area is 145 Å². The Kier molecular flexibility index (Phi) is 6.27. The van der Waals surface area contributed by atoms with E-state index in [0.717, 1.165) is 24.2 Å². The Morgan fingerprint density at radius 2 is 1.83 bits per heavy atom. The number of rotatable bonds is 7. The standard InChI is InChI=1S/C21H29NO2/c1-15(2)10-11-22(20-9-6-16(3)12-17(20)4)19-8-7-18(14-24-5)21(23)13-19/h6-9,12-13,15,23H,10-11,14H2,1-5H3. The van der Waals surface area contributed by atoms with Crippen molar-refractivity contribution in [3.05, 3.63) is 53.1 Å². The molecule has 24 heavy (non-hydrogen) atoms. The van der Waals surface area contributed by atoms with Crippen LogP contribution in [-0.4, -0.2) is 18.8 Å². The summed E-state index contributed by atoms with van der Waals surface area (Å²) in [6, 6.07) is 12.4. The highest BCUT2D eigenvalue weighted by molar-refractivity contribution is 5.68. The highest BCUT2D eigenvalue weighted by atomic mass is 16.5. The molecule has 2 rings (SSSR count). The molecule has 130 valence electrons. The Morgan fingerprint density at radius 1 is 1.08 bits per heavy atom. The lowest BCUT2D eigenvalue weighted by atomic mass is 10.1. The lowest BCUT2D eigenvalue weighted by Gasteiger charge is -2.28. The minimum Gasteiger partial charge on any atom is -0.508 e. The third-order valence-corrected chi connectivity index (χ3v) is 4.25. The average Bonchev–Trinajstić information content (AvgIpc) is 2.51. The van der Waals surface area contributed by atoms with Gasteiger partial charge in [-0.1, -0.05) is 37.6 Å². The van der Waals surface area contributed by atoms with Crippen molar-refractivity contribution in [2.75, 3.05) is 18.6 Å². The van der Waals surface area contributed by atoms with Crippen LogP contribution in [0.4, 0.5) is 11.4 Å². The molecule has 0 spiro atoms. The van der Waals surface area contributed by atoms with Gasteiger partial charge in [0.1, 0.15) is 5.75 Å². The van der Waals surface area contributed by atoms with Crippen molar-refractivity contribution in [3.63, 3.8) is 0 Å². The minimum atomic E-state index is 0.286. The number of phenols is 1. The summed E-state index contributed by atoms with van der Waals surface area (Å²) < 4.78 is 5.13. The second-order valence-electron chi connectivity index (χ2n) is 6.87. The van der Waals surface area contributed by atoms with E-state index in [4.69, 9.17) is 4.74 Å². The zero-order chi connectivity index (χ0) is 17.7. The lowest BCUT2D eigenvalue weighted by Crippen LogP contribution is -2.20. The maximum Gasteiger partial charge on any atom is 0.123 e. The summed E-state index contributed by atoms with van der Waals surface area (Å²) in [6.45, 7) is 10.1. The van der Waals surface area contributed by atoms with E-state index in [0.29, 0.717) is 12.5 Å². The summed E-state index contributed by atoms with van der Waals surface area (Å²) >= 11 is 0. The Hall–Kier alpha value is -2.00. The molecule has 0 aliphatic heterocycles. The van der Waals surface area contributed by atoms with Gasteiger partial charge in [0.15, 0.2) is 0 Å². The summed E-state index contributed by atoms with van der Waals surface area (Å²) in [4.78, 5) is 2.30. The first-order valence-electron chi connectivity index (χ1n) is 8.58. The predicted octanol–water partition coefficient (Wildman–Crippen LogP) is 5.34. The van der Waals surface area contributed by atoms with Gasteiger partial charge in [0.05, 0.1) is 6.61 Å². The van der Waals surface area contributed by atoms with Gasteiger partial charge in [-0.25, -0.2) is 0 Å². The Morgan fingerprint density at radius 3 is 2.42 bits per heavy atom.